The molecule has 10 heavy (non-hydrogen) atoms. The number of hydrogen-bond acceptors (Lipinski definition) is 4. The number of rotatable bonds is 0. The van der Waals surface area contributed by atoms with Crippen LogP contribution in [-0.4, -0.2) is 11.2 Å². The molecule has 2 heterocycles. The van der Waals surface area contributed by atoms with Gasteiger partial charge in [-0.05, 0) is 6.92 Å². The highest BCUT2D eigenvalue weighted by atomic mass is 16.6. The molecule has 2 rings (SSSR count). The minimum atomic E-state index is -0.0122. The summed E-state index contributed by atoms with van der Waals surface area (Å²) in [5.41, 5.74) is 0. The maximum atomic E-state index is 5.19. The van der Waals surface area contributed by atoms with Crippen molar-refractivity contribution in [3.8, 4) is 5.95 Å². The number of oxazole rings is 1. The third-order valence-electron chi connectivity index (χ3n) is 1.33. The van der Waals surface area contributed by atoms with Crippen LogP contribution in [0.25, 0.3) is 0 Å². The second-order valence-electron chi connectivity index (χ2n) is 2.27. The summed E-state index contributed by atoms with van der Waals surface area (Å²) >= 11 is 0. The quantitative estimate of drug-likeness (QED) is 0.586. The highest BCUT2D eigenvalue weighted by Gasteiger charge is 2.23. The molecule has 1 N–H and O–H groups in total. The zero-order valence-corrected chi connectivity index (χ0v) is 5.84. The lowest BCUT2D eigenvalue weighted by molar-refractivity contribution is 0.210. The van der Waals surface area contributed by atoms with Gasteiger partial charge >= 0.3 is 5.95 Å². The van der Waals surface area contributed by atoms with Crippen LogP contribution < -0.4 is 10.1 Å². The van der Waals surface area contributed by atoms with Crippen LogP contribution in [0.5, 0.6) is 5.95 Å². The Morgan fingerprint density at radius 1 is 1.60 bits per heavy atom. The summed E-state index contributed by atoms with van der Waals surface area (Å²) in [4.78, 5) is 4.04. The Balaban J connectivity index is 2.39. The predicted molar refractivity (Wildman–Crippen MR) is 35.0 cm³/mol. The Hall–Kier alpha value is -1.19. The van der Waals surface area contributed by atoms with Gasteiger partial charge in [0.05, 0.1) is 0 Å². The van der Waals surface area contributed by atoms with E-state index in [2.05, 4.69) is 10.3 Å². The first-order valence-electron chi connectivity index (χ1n) is 3.16. The highest BCUT2D eigenvalue weighted by Crippen LogP contribution is 2.31. The minimum absolute atomic E-state index is 0.0122. The molecule has 1 aliphatic heterocycles. The molecule has 0 amide bonds. The first-order valence-corrected chi connectivity index (χ1v) is 3.16. The molecule has 1 atom stereocenters. The van der Waals surface area contributed by atoms with Gasteiger partial charge in [-0.2, -0.15) is 4.98 Å². The van der Waals surface area contributed by atoms with Crippen molar-refractivity contribution in [3.63, 3.8) is 0 Å². The average molecular weight is 140 g/mol. The maximum absolute atomic E-state index is 5.19. The van der Waals surface area contributed by atoms with Crippen LogP contribution in [0, 0.1) is 6.92 Å². The van der Waals surface area contributed by atoms with Crippen LogP contribution in [0.2, 0.25) is 0 Å². The van der Waals surface area contributed by atoms with E-state index in [4.69, 9.17) is 9.15 Å². The molecule has 0 fully saturated rings. The van der Waals surface area contributed by atoms with Gasteiger partial charge in [-0.1, -0.05) is 0 Å². The van der Waals surface area contributed by atoms with Gasteiger partial charge in [-0.15, -0.1) is 0 Å². The molecule has 54 valence electrons. The number of fused-ring (bicyclic) bond motifs is 1. The fourth-order valence-corrected chi connectivity index (χ4v) is 0.962. The molecule has 4 nitrogen and oxygen atoms in total. The van der Waals surface area contributed by atoms with Gasteiger partial charge in [0.15, 0.2) is 12.1 Å². The van der Waals surface area contributed by atoms with E-state index in [9.17, 15) is 0 Å². The number of hydrogen-bond donors (Lipinski definition) is 1. The van der Waals surface area contributed by atoms with Gasteiger partial charge in [-0.25, -0.2) is 0 Å². The Labute approximate surface area is 58.2 Å². The second-order valence-corrected chi connectivity index (χ2v) is 2.27. The third kappa shape index (κ3) is 0.650. The highest BCUT2D eigenvalue weighted by molar-refractivity contribution is 5.48. The first kappa shape index (κ1) is 5.58. The van der Waals surface area contributed by atoms with E-state index in [1.54, 1.807) is 6.92 Å². The Bertz CT molecular complexity index is 233. The van der Waals surface area contributed by atoms with Crippen molar-refractivity contribution in [2.75, 3.05) is 5.32 Å². The molecule has 1 aromatic rings. The zero-order chi connectivity index (χ0) is 7.14. The number of nitrogens with one attached hydrogen (secondary N) is 1. The molecular formula is C6H8N2O2. The van der Waals surface area contributed by atoms with Crippen molar-refractivity contribution in [1.82, 2.24) is 4.98 Å². The van der Waals surface area contributed by atoms with Gasteiger partial charge in [0, 0.05) is 6.92 Å². The van der Waals surface area contributed by atoms with Gasteiger partial charge in [0.25, 0.3) is 0 Å². The number of nitrogens with zero attached hydrogens (tertiary/aromatic N) is 1. The Kier molecular flexibility index (Phi) is 0.922. The fraction of sp³-hybridized carbons (Fsp3) is 0.500. The lowest BCUT2D eigenvalue weighted by Crippen LogP contribution is -2.14. The number of aryl methyl sites for hydroxylation is 1. The summed E-state index contributed by atoms with van der Waals surface area (Å²) in [5.74, 6) is 1.85. The molecule has 0 saturated carbocycles. The topological polar surface area (TPSA) is 47.3 Å². The Morgan fingerprint density at radius 2 is 2.40 bits per heavy atom. The van der Waals surface area contributed by atoms with E-state index < -0.39 is 0 Å². The molecule has 0 aromatic carbocycles. The van der Waals surface area contributed by atoms with Crippen LogP contribution in [0.1, 0.15) is 12.8 Å². The van der Waals surface area contributed by atoms with E-state index in [-0.39, 0.29) is 6.23 Å². The first-order chi connectivity index (χ1) is 4.75. The summed E-state index contributed by atoms with van der Waals surface area (Å²) in [5, 5.41) is 2.99. The van der Waals surface area contributed by atoms with Crippen LogP contribution >= 0.6 is 0 Å². The fourth-order valence-electron chi connectivity index (χ4n) is 0.962. The standard InChI is InChI=1S/C6H8N2O2/c1-3-7-5-6(9-3)10-4(2)8-5/h3,7H,1-2H3. The summed E-state index contributed by atoms with van der Waals surface area (Å²) in [6.07, 6.45) is -0.0122. The van der Waals surface area contributed by atoms with Gasteiger partial charge in [0.1, 0.15) is 0 Å². The third-order valence-corrected chi connectivity index (χ3v) is 1.33. The van der Waals surface area contributed by atoms with E-state index in [0.717, 1.165) is 0 Å². The van der Waals surface area contributed by atoms with Crippen LogP contribution in [0.3, 0.4) is 0 Å². The van der Waals surface area contributed by atoms with E-state index in [1.807, 2.05) is 6.92 Å². The summed E-state index contributed by atoms with van der Waals surface area (Å²) < 4.78 is 10.3. The molecule has 1 aromatic heterocycles. The van der Waals surface area contributed by atoms with Crippen molar-refractivity contribution in [2.45, 2.75) is 20.1 Å². The monoisotopic (exact) mass is 140 g/mol. The van der Waals surface area contributed by atoms with Crippen molar-refractivity contribution in [3.05, 3.63) is 5.89 Å². The number of anilines is 1. The molecule has 0 radical (unpaired) electrons. The molecule has 0 saturated heterocycles. The summed E-state index contributed by atoms with van der Waals surface area (Å²) in [7, 11) is 0. The van der Waals surface area contributed by atoms with Crippen molar-refractivity contribution < 1.29 is 9.15 Å². The number of ether oxygens (including phenoxy) is 1. The van der Waals surface area contributed by atoms with E-state index >= 15 is 0 Å². The van der Waals surface area contributed by atoms with Gasteiger partial charge in [0.2, 0.25) is 5.82 Å². The van der Waals surface area contributed by atoms with Crippen molar-refractivity contribution >= 4 is 5.82 Å². The lowest BCUT2D eigenvalue weighted by Gasteiger charge is -2.00. The molecular weight excluding hydrogens is 132 g/mol. The summed E-state index contributed by atoms with van der Waals surface area (Å²) in [6, 6.07) is 0. The number of aromatic nitrogens is 1. The normalized spacial score (nSPS) is 21.6. The van der Waals surface area contributed by atoms with E-state index in [1.165, 1.54) is 0 Å². The second kappa shape index (κ2) is 1.65. The van der Waals surface area contributed by atoms with Gasteiger partial charge in [-0.3, -0.25) is 0 Å². The lowest BCUT2D eigenvalue weighted by atomic mass is 10.6. The molecule has 0 aliphatic carbocycles. The zero-order valence-electron chi connectivity index (χ0n) is 5.84. The minimum Gasteiger partial charge on any atom is -0.439 e. The predicted octanol–water partition coefficient (Wildman–Crippen LogP) is 1.13. The SMILES string of the molecule is Cc1nc2c(o1)OC(C)N2. The van der Waals surface area contributed by atoms with Crippen LogP contribution in [0.4, 0.5) is 5.82 Å². The Morgan fingerprint density at radius 3 is 3.10 bits per heavy atom. The van der Waals surface area contributed by atoms with Crippen LogP contribution in [-0.2, 0) is 0 Å². The average Bonchev–Trinajstić information content (AvgIpc) is 2.21. The van der Waals surface area contributed by atoms with E-state index in [0.29, 0.717) is 17.7 Å². The van der Waals surface area contributed by atoms with Gasteiger partial charge < -0.3 is 14.5 Å². The molecule has 0 spiro atoms. The summed E-state index contributed by atoms with van der Waals surface area (Å²) in [6.45, 7) is 3.68. The largest absolute Gasteiger partial charge is 0.439 e. The van der Waals surface area contributed by atoms with Crippen molar-refractivity contribution in [1.29, 1.82) is 0 Å². The smallest absolute Gasteiger partial charge is 0.332 e. The molecule has 1 unspecified atom stereocenters. The van der Waals surface area contributed by atoms with Crippen molar-refractivity contribution in [2.24, 2.45) is 0 Å². The molecule has 1 aliphatic rings. The van der Waals surface area contributed by atoms with Crippen LogP contribution in [0.15, 0.2) is 4.42 Å². The molecule has 0 bridgehead atoms. The molecule has 4 heteroatoms. The maximum Gasteiger partial charge on any atom is 0.332 e.